The SMILES string of the molecule is CC(=O)c1ccc(N2CC[NH+](Cc3cc(-c4cccs4)on3)CC2)cc1. The minimum Gasteiger partial charge on any atom is -0.360 e. The highest BCUT2D eigenvalue weighted by Gasteiger charge is 2.22. The molecule has 0 radical (unpaired) electrons. The molecule has 0 saturated carbocycles. The molecule has 1 fully saturated rings. The molecule has 6 heteroatoms. The number of carbonyl (C=O) groups is 1. The number of Topliss-reactive ketones (excluding diaryl/α,β-unsaturated/α-hetero) is 1. The number of hydrogen-bond acceptors (Lipinski definition) is 5. The van der Waals surface area contributed by atoms with Crippen molar-refractivity contribution in [3.05, 3.63) is 59.1 Å². The number of aromatic nitrogens is 1. The zero-order chi connectivity index (χ0) is 17.9. The lowest BCUT2D eigenvalue weighted by atomic mass is 10.1. The molecule has 4 rings (SSSR count). The second kappa shape index (κ2) is 7.43. The Morgan fingerprint density at radius 1 is 1.23 bits per heavy atom. The summed E-state index contributed by atoms with van der Waals surface area (Å²) < 4.78 is 5.48. The van der Waals surface area contributed by atoms with Gasteiger partial charge in [0.2, 0.25) is 0 Å². The molecule has 0 spiro atoms. The molecule has 1 aromatic carbocycles. The molecular formula is C20H22N3O2S+. The Balaban J connectivity index is 1.33. The van der Waals surface area contributed by atoms with Gasteiger partial charge >= 0.3 is 0 Å². The van der Waals surface area contributed by atoms with E-state index in [0.29, 0.717) is 0 Å². The van der Waals surface area contributed by atoms with Crippen molar-refractivity contribution in [2.45, 2.75) is 13.5 Å². The van der Waals surface area contributed by atoms with Crippen LogP contribution >= 0.6 is 11.3 Å². The third kappa shape index (κ3) is 3.71. The predicted octanol–water partition coefficient (Wildman–Crippen LogP) is 2.51. The van der Waals surface area contributed by atoms with Crippen molar-refractivity contribution in [3.63, 3.8) is 0 Å². The number of nitrogens with one attached hydrogen (secondary N) is 1. The largest absolute Gasteiger partial charge is 0.360 e. The van der Waals surface area contributed by atoms with Crippen LogP contribution in [0.4, 0.5) is 5.69 Å². The number of piperazine rings is 1. The van der Waals surface area contributed by atoms with Crippen LogP contribution in [0.25, 0.3) is 10.6 Å². The van der Waals surface area contributed by atoms with E-state index in [1.54, 1.807) is 18.3 Å². The molecule has 134 valence electrons. The van der Waals surface area contributed by atoms with Gasteiger partial charge in [-0.15, -0.1) is 11.3 Å². The van der Waals surface area contributed by atoms with E-state index in [1.165, 1.54) is 10.6 Å². The maximum Gasteiger partial charge on any atom is 0.177 e. The second-order valence-electron chi connectivity index (χ2n) is 6.68. The number of ketones is 1. The third-order valence-electron chi connectivity index (χ3n) is 4.86. The molecule has 2 aromatic heterocycles. The molecule has 1 saturated heterocycles. The van der Waals surface area contributed by atoms with Gasteiger partial charge in [0.25, 0.3) is 0 Å². The van der Waals surface area contributed by atoms with Gasteiger partial charge in [0.05, 0.1) is 31.1 Å². The maximum atomic E-state index is 11.4. The van der Waals surface area contributed by atoms with Gasteiger partial charge in [0, 0.05) is 17.3 Å². The fraction of sp³-hybridized carbons (Fsp3) is 0.300. The quantitative estimate of drug-likeness (QED) is 0.703. The molecule has 0 bridgehead atoms. The van der Waals surface area contributed by atoms with Gasteiger partial charge in [-0.05, 0) is 42.6 Å². The first kappa shape index (κ1) is 17.0. The zero-order valence-corrected chi connectivity index (χ0v) is 15.6. The van der Waals surface area contributed by atoms with Crippen molar-refractivity contribution < 1.29 is 14.2 Å². The number of rotatable bonds is 5. The van der Waals surface area contributed by atoms with Crippen molar-refractivity contribution >= 4 is 22.8 Å². The monoisotopic (exact) mass is 368 g/mol. The first-order valence-corrected chi connectivity index (χ1v) is 9.76. The Kier molecular flexibility index (Phi) is 4.86. The summed E-state index contributed by atoms with van der Waals surface area (Å²) in [5.74, 6) is 0.971. The third-order valence-corrected chi connectivity index (χ3v) is 5.75. The number of quaternary nitrogens is 1. The summed E-state index contributed by atoms with van der Waals surface area (Å²) in [7, 11) is 0. The van der Waals surface area contributed by atoms with Crippen LogP contribution < -0.4 is 9.80 Å². The Labute approximate surface area is 156 Å². The summed E-state index contributed by atoms with van der Waals surface area (Å²) in [6.45, 7) is 6.64. The zero-order valence-electron chi connectivity index (χ0n) is 14.8. The Morgan fingerprint density at radius 2 is 2.00 bits per heavy atom. The first-order valence-electron chi connectivity index (χ1n) is 8.88. The lowest BCUT2D eigenvalue weighted by Gasteiger charge is -2.33. The van der Waals surface area contributed by atoms with Crippen LogP contribution in [-0.2, 0) is 6.54 Å². The molecule has 5 nitrogen and oxygen atoms in total. The Bertz CT molecular complexity index is 863. The van der Waals surface area contributed by atoms with Crippen LogP contribution in [0.3, 0.4) is 0 Å². The first-order chi connectivity index (χ1) is 12.7. The summed E-state index contributed by atoms with van der Waals surface area (Å²) in [4.78, 5) is 16.4. The Morgan fingerprint density at radius 3 is 2.65 bits per heavy atom. The number of hydrogen-bond donors (Lipinski definition) is 1. The Hall–Kier alpha value is -2.44. The molecule has 0 aliphatic carbocycles. The normalized spacial score (nSPS) is 15.3. The van der Waals surface area contributed by atoms with Crippen LogP contribution in [0.1, 0.15) is 23.0 Å². The van der Waals surface area contributed by atoms with Crippen molar-refractivity contribution in [3.8, 4) is 10.6 Å². The number of carbonyl (C=O) groups excluding carboxylic acids is 1. The second-order valence-corrected chi connectivity index (χ2v) is 7.62. The molecule has 0 unspecified atom stereocenters. The molecule has 0 atom stereocenters. The van der Waals surface area contributed by atoms with E-state index in [9.17, 15) is 4.79 Å². The van der Waals surface area contributed by atoms with Gasteiger partial charge in [0.1, 0.15) is 12.2 Å². The summed E-state index contributed by atoms with van der Waals surface area (Å²) in [5.41, 5.74) is 2.98. The number of benzene rings is 1. The van der Waals surface area contributed by atoms with E-state index in [4.69, 9.17) is 4.52 Å². The fourth-order valence-corrected chi connectivity index (χ4v) is 4.02. The van der Waals surface area contributed by atoms with Crippen molar-refractivity contribution in [1.82, 2.24) is 5.16 Å². The van der Waals surface area contributed by atoms with Crippen LogP contribution in [0.2, 0.25) is 0 Å². The molecule has 3 heterocycles. The van der Waals surface area contributed by atoms with Crippen LogP contribution in [0.5, 0.6) is 0 Å². The smallest absolute Gasteiger partial charge is 0.177 e. The number of anilines is 1. The average Bonchev–Trinajstić information content (AvgIpc) is 3.34. The highest BCUT2D eigenvalue weighted by molar-refractivity contribution is 7.13. The highest BCUT2D eigenvalue weighted by atomic mass is 32.1. The standard InChI is InChI=1S/C20H21N3O2S/c1-15(24)16-4-6-18(7-5-16)23-10-8-22(9-11-23)14-17-13-19(25-21-17)20-3-2-12-26-20/h2-7,12-13H,8-11,14H2,1H3/p+1. The molecule has 1 N–H and O–H groups in total. The average molecular weight is 368 g/mol. The summed E-state index contributed by atoms with van der Waals surface area (Å²) in [6.07, 6.45) is 0. The van der Waals surface area contributed by atoms with E-state index in [1.807, 2.05) is 35.7 Å². The molecular weight excluding hydrogens is 346 g/mol. The number of thiophene rings is 1. The van der Waals surface area contributed by atoms with Gasteiger partial charge < -0.3 is 14.3 Å². The van der Waals surface area contributed by atoms with Crippen LogP contribution in [0, 0.1) is 0 Å². The maximum absolute atomic E-state index is 11.4. The van der Waals surface area contributed by atoms with E-state index >= 15 is 0 Å². The molecule has 1 aliphatic heterocycles. The number of nitrogens with zero attached hydrogens (tertiary/aromatic N) is 2. The molecule has 1 aliphatic rings. The van der Waals surface area contributed by atoms with E-state index < -0.39 is 0 Å². The molecule has 0 amide bonds. The summed E-state index contributed by atoms with van der Waals surface area (Å²) in [6, 6.07) is 14.1. The van der Waals surface area contributed by atoms with Crippen molar-refractivity contribution in [2.75, 3.05) is 31.1 Å². The van der Waals surface area contributed by atoms with E-state index in [2.05, 4.69) is 22.2 Å². The van der Waals surface area contributed by atoms with Gasteiger partial charge in [-0.1, -0.05) is 11.2 Å². The van der Waals surface area contributed by atoms with Crippen LogP contribution in [0.15, 0.2) is 52.4 Å². The fourth-order valence-electron chi connectivity index (χ4n) is 3.35. The van der Waals surface area contributed by atoms with E-state index in [0.717, 1.165) is 54.6 Å². The van der Waals surface area contributed by atoms with Crippen LogP contribution in [-0.4, -0.2) is 37.1 Å². The lowest BCUT2D eigenvalue weighted by molar-refractivity contribution is -0.914. The van der Waals surface area contributed by atoms with Gasteiger partial charge in [0.15, 0.2) is 11.5 Å². The topological polar surface area (TPSA) is 50.8 Å². The van der Waals surface area contributed by atoms with Crippen molar-refractivity contribution in [1.29, 1.82) is 0 Å². The summed E-state index contributed by atoms with van der Waals surface area (Å²) >= 11 is 1.67. The molecule has 3 aromatic rings. The highest BCUT2D eigenvalue weighted by Crippen LogP contribution is 2.24. The van der Waals surface area contributed by atoms with Gasteiger partial charge in [-0.25, -0.2) is 0 Å². The lowest BCUT2D eigenvalue weighted by Crippen LogP contribution is -3.13. The minimum absolute atomic E-state index is 0.111. The van der Waals surface area contributed by atoms with Gasteiger partial charge in [-0.2, -0.15) is 0 Å². The van der Waals surface area contributed by atoms with E-state index in [-0.39, 0.29) is 5.78 Å². The predicted molar refractivity (Wildman–Crippen MR) is 103 cm³/mol. The van der Waals surface area contributed by atoms with Crippen molar-refractivity contribution in [2.24, 2.45) is 0 Å². The minimum atomic E-state index is 0.111. The summed E-state index contributed by atoms with van der Waals surface area (Å²) in [5, 5.41) is 6.28. The molecule has 26 heavy (non-hydrogen) atoms. The van der Waals surface area contributed by atoms with Gasteiger partial charge in [-0.3, -0.25) is 4.79 Å².